The normalized spacial score (nSPS) is 36.1. The molecule has 0 aromatic carbocycles. The SMILES string of the molecule is COC(=O)CC[C@H](NCCC[C@](C)(O[C@H]1O[C@H](COC(C)=O)[C@@H](OC(C)=O)[C@H](OC(C)=O)C1OC(C)=O)C1CC[C@]2(C)[C@@H]1C(OC(C)=O)CC1[C@@]3(C)CC[C@H](OC(C)=O)C(C)(C)C3CC[C@]12C)C(=O)OC. The van der Waals surface area contributed by atoms with Crippen LogP contribution in [0.25, 0.3) is 0 Å². The summed E-state index contributed by atoms with van der Waals surface area (Å²) in [5.41, 5.74) is -2.43. The third kappa shape index (κ3) is 12.2. The summed E-state index contributed by atoms with van der Waals surface area (Å²) in [6.45, 7) is 20.8. The molecule has 16 atom stereocenters. The van der Waals surface area contributed by atoms with Gasteiger partial charge in [0.05, 0.1) is 19.8 Å². The molecule has 5 fully saturated rings. The Morgan fingerprint density at radius 2 is 1.27 bits per heavy atom. The van der Waals surface area contributed by atoms with E-state index in [1.165, 1.54) is 41.9 Å². The highest BCUT2D eigenvalue weighted by Gasteiger charge is 2.73. The monoisotopic (exact) mass is 1010 g/mol. The van der Waals surface area contributed by atoms with E-state index in [4.69, 9.17) is 47.4 Å². The molecule has 402 valence electrons. The number of nitrogens with one attached hydrogen (secondary N) is 1. The van der Waals surface area contributed by atoms with Gasteiger partial charge in [0, 0.05) is 59.3 Å². The fourth-order valence-electron chi connectivity index (χ4n) is 14.5. The van der Waals surface area contributed by atoms with Crippen molar-refractivity contribution in [3.05, 3.63) is 0 Å². The topological polar surface area (TPSA) is 241 Å². The molecule has 5 unspecified atom stereocenters. The number of esters is 8. The molecule has 0 spiro atoms. The van der Waals surface area contributed by atoms with Crippen molar-refractivity contribution in [1.29, 1.82) is 0 Å². The van der Waals surface area contributed by atoms with Gasteiger partial charge in [-0.15, -0.1) is 0 Å². The average molecular weight is 1010 g/mol. The summed E-state index contributed by atoms with van der Waals surface area (Å²) in [6, 6.07) is -0.838. The Hall–Kier alpha value is -4.36. The van der Waals surface area contributed by atoms with Gasteiger partial charge in [0.2, 0.25) is 0 Å². The Bertz CT molecular complexity index is 1990. The van der Waals surface area contributed by atoms with Crippen LogP contribution in [0.15, 0.2) is 0 Å². The van der Waals surface area contributed by atoms with Gasteiger partial charge in [0.15, 0.2) is 24.6 Å². The van der Waals surface area contributed by atoms with Crippen LogP contribution in [0.3, 0.4) is 0 Å². The number of methoxy groups -OCH3 is 2. The zero-order valence-corrected chi connectivity index (χ0v) is 44.5. The zero-order valence-electron chi connectivity index (χ0n) is 44.5. The summed E-state index contributed by atoms with van der Waals surface area (Å²) in [5, 5.41) is 3.24. The van der Waals surface area contributed by atoms with E-state index in [0.717, 1.165) is 39.5 Å². The van der Waals surface area contributed by atoms with Crippen LogP contribution < -0.4 is 5.32 Å². The maximum Gasteiger partial charge on any atom is 0.322 e. The summed E-state index contributed by atoms with van der Waals surface area (Å²) in [7, 11) is 2.54. The highest BCUT2D eigenvalue weighted by molar-refractivity contribution is 5.77. The van der Waals surface area contributed by atoms with Crippen molar-refractivity contribution >= 4 is 47.8 Å². The number of fused-ring (bicyclic) bond motifs is 5. The van der Waals surface area contributed by atoms with Crippen molar-refractivity contribution < 1.29 is 85.7 Å². The van der Waals surface area contributed by atoms with Crippen LogP contribution >= 0.6 is 0 Å². The lowest BCUT2D eigenvalue weighted by molar-refractivity contribution is -0.339. The lowest BCUT2D eigenvalue weighted by Gasteiger charge is -2.70. The molecule has 4 aliphatic carbocycles. The minimum Gasteiger partial charge on any atom is -0.469 e. The minimum absolute atomic E-state index is 0.0311. The second kappa shape index (κ2) is 22.8. The molecule has 19 nitrogen and oxygen atoms in total. The second-order valence-electron chi connectivity index (χ2n) is 22.2. The van der Waals surface area contributed by atoms with Gasteiger partial charge in [-0.1, -0.05) is 34.6 Å². The van der Waals surface area contributed by atoms with Gasteiger partial charge in [0.25, 0.3) is 0 Å². The van der Waals surface area contributed by atoms with Gasteiger partial charge < -0.3 is 52.7 Å². The number of hydrogen-bond acceptors (Lipinski definition) is 19. The number of rotatable bonds is 19. The van der Waals surface area contributed by atoms with Crippen molar-refractivity contribution in [3.63, 3.8) is 0 Å². The first-order chi connectivity index (χ1) is 33.1. The predicted molar refractivity (Wildman–Crippen MR) is 251 cm³/mol. The van der Waals surface area contributed by atoms with E-state index in [1.807, 2.05) is 6.92 Å². The molecular formula is C52H81NO18. The van der Waals surface area contributed by atoms with Gasteiger partial charge in [0.1, 0.15) is 31.0 Å². The van der Waals surface area contributed by atoms with Crippen LogP contribution in [-0.2, 0) is 85.7 Å². The van der Waals surface area contributed by atoms with Crippen molar-refractivity contribution in [3.8, 4) is 0 Å². The summed E-state index contributed by atoms with van der Waals surface area (Å²) < 4.78 is 59.0. The molecule has 1 N–H and O–H groups in total. The first kappa shape index (κ1) is 57.5. The second-order valence-corrected chi connectivity index (χ2v) is 22.2. The van der Waals surface area contributed by atoms with Gasteiger partial charge in [-0.3, -0.25) is 38.4 Å². The molecule has 0 amide bonds. The van der Waals surface area contributed by atoms with Gasteiger partial charge in [-0.2, -0.15) is 0 Å². The maximum absolute atomic E-state index is 13.4. The molecule has 71 heavy (non-hydrogen) atoms. The Morgan fingerprint density at radius 3 is 1.85 bits per heavy atom. The number of carbonyl (C=O) groups is 8. The van der Waals surface area contributed by atoms with Crippen LogP contribution in [0.2, 0.25) is 0 Å². The Morgan fingerprint density at radius 1 is 0.676 bits per heavy atom. The van der Waals surface area contributed by atoms with E-state index in [2.05, 4.69) is 39.9 Å². The highest BCUT2D eigenvalue weighted by Crippen LogP contribution is 2.76. The van der Waals surface area contributed by atoms with E-state index < -0.39 is 102 Å². The van der Waals surface area contributed by atoms with Crippen LogP contribution in [0, 0.1) is 45.3 Å². The molecule has 0 radical (unpaired) electrons. The maximum atomic E-state index is 13.4. The third-order valence-corrected chi connectivity index (χ3v) is 17.6. The minimum atomic E-state index is -1.51. The quantitative estimate of drug-likeness (QED) is 0.0904. The fourth-order valence-corrected chi connectivity index (χ4v) is 14.5. The van der Waals surface area contributed by atoms with Crippen molar-refractivity contribution in [2.45, 2.75) is 208 Å². The van der Waals surface area contributed by atoms with E-state index in [9.17, 15) is 38.4 Å². The molecule has 0 aromatic rings. The standard InChI is InChI=1S/C52H81NO18/c1-28(54)64-27-37-43(67-31(4)57)44(68-32(5)58)45(69-33(6)59)47(70-37)71-52(12,21-15-25-53-35(46(61)63-14)16-17-41(60)62-13)34-18-23-51(11)42(34)36(65-29(2)55)26-39-49(9)22-20-40(66-30(3)56)48(7,8)38(49)19-24-50(39,51)10/h34-40,42-45,47,53H,15-27H2,1-14H3/t34?,35-,36?,37+,38?,39?,40-,42-,43+,44-,45?,47+,49-,50+,51+,52-/m0/s1. The van der Waals surface area contributed by atoms with Crippen LogP contribution in [-0.4, -0.2) is 130 Å². The van der Waals surface area contributed by atoms with Crippen molar-refractivity contribution in [2.24, 2.45) is 45.3 Å². The van der Waals surface area contributed by atoms with Crippen LogP contribution in [0.1, 0.15) is 154 Å². The molecule has 19 heteroatoms. The molecule has 0 aromatic heterocycles. The Labute approximate surface area is 418 Å². The first-order valence-electron chi connectivity index (χ1n) is 25.3. The van der Waals surface area contributed by atoms with Crippen molar-refractivity contribution in [1.82, 2.24) is 5.32 Å². The van der Waals surface area contributed by atoms with Gasteiger partial charge in [-0.25, -0.2) is 0 Å². The van der Waals surface area contributed by atoms with E-state index in [1.54, 1.807) is 0 Å². The van der Waals surface area contributed by atoms with Crippen LogP contribution in [0.5, 0.6) is 0 Å². The average Bonchev–Trinajstić information content (AvgIpc) is 3.65. The third-order valence-electron chi connectivity index (χ3n) is 17.6. The largest absolute Gasteiger partial charge is 0.469 e. The first-order valence-corrected chi connectivity index (χ1v) is 25.3. The molecule has 5 rings (SSSR count). The molecule has 0 bridgehead atoms. The summed E-state index contributed by atoms with van der Waals surface area (Å²) in [5.74, 6) is -5.07. The predicted octanol–water partition coefficient (Wildman–Crippen LogP) is 5.87. The number of hydrogen-bond donors (Lipinski definition) is 1. The Balaban J connectivity index is 1.62. The lowest BCUT2D eigenvalue weighted by Crippen LogP contribution is -2.67. The summed E-state index contributed by atoms with van der Waals surface area (Å²) in [4.78, 5) is 101. The summed E-state index contributed by atoms with van der Waals surface area (Å²) in [6.07, 6.45) is -1.95. The van der Waals surface area contributed by atoms with Crippen LogP contribution in [0.4, 0.5) is 0 Å². The summed E-state index contributed by atoms with van der Waals surface area (Å²) >= 11 is 0. The molecule has 1 saturated heterocycles. The zero-order chi connectivity index (χ0) is 53.0. The Kier molecular flexibility index (Phi) is 18.5. The highest BCUT2D eigenvalue weighted by atomic mass is 16.7. The molecular weight excluding hydrogens is 927 g/mol. The lowest BCUT2D eigenvalue weighted by atomic mass is 9.35. The fraction of sp³-hybridized carbons (Fsp3) is 0.846. The van der Waals surface area contributed by atoms with E-state index in [-0.39, 0.29) is 77.8 Å². The smallest absolute Gasteiger partial charge is 0.322 e. The van der Waals surface area contributed by atoms with Gasteiger partial charge >= 0.3 is 47.8 Å². The van der Waals surface area contributed by atoms with Gasteiger partial charge in [-0.05, 0) is 112 Å². The van der Waals surface area contributed by atoms with E-state index in [0.29, 0.717) is 25.7 Å². The molecule has 4 saturated carbocycles. The molecule has 1 aliphatic heterocycles. The molecule has 1 heterocycles. The number of ether oxygens (including phenoxy) is 10. The molecule has 5 aliphatic rings. The van der Waals surface area contributed by atoms with Crippen molar-refractivity contribution in [2.75, 3.05) is 27.4 Å². The number of carbonyl (C=O) groups excluding carboxylic acids is 8. The van der Waals surface area contributed by atoms with E-state index >= 15 is 0 Å².